The number of hydrogen-bond acceptors (Lipinski definition) is 9. The number of rotatable bonds is 11. The molecule has 16 nitrogen and oxygen atoms in total. The van der Waals surface area contributed by atoms with Crippen molar-refractivity contribution in [3.05, 3.63) is 102 Å². The fraction of sp³-hybridized carbons (Fsp3) is 0.423. The summed E-state index contributed by atoms with van der Waals surface area (Å²) in [5, 5.41) is 6.58. The minimum Gasteiger partial charge on any atom is -0.465 e. The third-order valence-electron chi connectivity index (χ3n) is 14.5. The lowest BCUT2D eigenvalue weighted by molar-refractivity contribution is -0.139. The number of carbonyl (C=O) groups excluding carboxylic acids is 4. The number of benzene rings is 3. The number of carbonyl (C=O) groups is 4. The Hall–Kier alpha value is -6.88. The molecule has 3 aromatic heterocycles. The second kappa shape index (κ2) is 17.9. The molecule has 17 heteroatoms. The van der Waals surface area contributed by atoms with Crippen molar-refractivity contribution in [1.29, 1.82) is 0 Å². The molecule has 360 valence electrons. The molecular weight excluding hydrogens is 891 g/mol. The normalized spacial score (nSPS) is 22.0. The number of likely N-dealkylation sites (tertiary alicyclic amines) is 1. The maximum atomic E-state index is 14.2. The molecule has 1 aliphatic carbocycles. The van der Waals surface area contributed by atoms with Crippen molar-refractivity contribution in [2.75, 3.05) is 20.4 Å². The number of aromatic amines is 2. The van der Waals surface area contributed by atoms with E-state index in [2.05, 4.69) is 92.9 Å². The predicted molar refractivity (Wildman–Crippen MR) is 264 cm³/mol. The van der Waals surface area contributed by atoms with Crippen LogP contribution >= 0.6 is 0 Å². The summed E-state index contributed by atoms with van der Waals surface area (Å²) in [5.74, 6) is 2.15. The molecule has 4 aliphatic rings. The van der Waals surface area contributed by atoms with Gasteiger partial charge in [-0.1, -0.05) is 83.3 Å². The van der Waals surface area contributed by atoms with E-state index in [1.54, 1.807) is 0 Å². The summed E-state index contributed by atoms with van der Waals surface area (Å²) in [7, 11) is 0.799. The van der Waals surface area contributed by atoms with E-state index in [9.17, 15) is 19.2 Å². The molecule has 2 saturated heterocycles. The SMILES string of the molecule is COC(=O)N[C@H](C(=O)N1C[Si](C)(C)C[C@H]1c1ncc(-c2ccc3c(c2)cc2n3C(c3ccccc3)Oc3cc(-c4cnc([C@@H]5CC[C@@H]6C[C@H]6N5C(=O)[C@@H](NC(=O)OC)C(C)C)[nH]4)ccc3-2)[nH]1)C(C)C. The Morgan fingerprint density at radius 3 is 2.04 bits per heavy atom. The monoisotopic (exact) mass is 951 g/mol. The van der Waals surface area contributed by atoms with Crippen molar-refractivity contribution in [3.63, 3.8) is 0 Å². The number of hydrogen-bond donors (Lipinski definition) is 4. The minimum absolute atomic E-state index is 0.113. The number of amides is 4. The number of methoxy groups -OCH3 is 2. The van der Waals surface area contributed by atoms with Gasteiger partial charge in [-0.15, -0.1) is 0 Å². The molecule has 0 spiro atoms. The number of nitrogens with zero attached hydrogens (tertiary/aromatic N) is 5. The van der Waals surface area contributed by atoms with Crippen LogP contribution in [0.2, 0.25) is 19.1 Å². The zero-order chi connectivity index (χ0) is 48.5. The summed E-state index contributed by atoms with van der Waals surface area (Å²) in [6.07, 6.45) is 5.38. The number of ether oxygens (including phenoxy) is 3. The maximum absolute atomic E-state index is 14.2. The van der Waals surface area contributed by atoms with E-state index in [0.717, 1.165) is 92.9 Å². The molecule has 6 heterocycles. The Kier molecular flexibility index (Phi) is 11.9. The highest BCUT2D eigenvalue weighted by atomic mass is 28.3. The van der Waals surface area contributed by atoms with Crippen LogP contribution in [0.3, 0.4) is 0 Å². The number of nitrogens with one attached hydrogen (secondary N) is 4. The van der Waals surface area contributed by atoms with Gasteiger partial charge in [-0.25, -0.2) is 19.6 Å². The van der Waals surface area contributed by atoms with Crippen molar-refractivity contribution < 1.29 is 33.4 Å². The Labute approximate surface area is 402 Å². The number of H-pyrrole nitrogens is 2. The van der Waals surface area contributed by atoms with E-state index in [0.29, 0.717) is 12.1 Å². The van der Waals surface area contributed by atoms with Crippen LogP contribution < -0.4 is 15.4 Å². The molecule has 6 aromatic rings. The average Bonchev–Trinajstić information content (AvgIpc) is 3.73. The van der Waals surface area contributed by atoms with Gasteiger partial charge in [-0.05, 0) is 73.4 Å². The van der Waals surface area contributed by atoms with E-state index < -0.39 is 38.6 Å². The number of imidazole rings is 2. The van der Waals surface area contributed by atoms with Gasteiger partial charge in [0.05, 0.1) is 69.4 Å². The summed E-state index contributed by atoms with van der Waals surface area (Å²) >= 11 is 0. The van der Waals surface area contributed by atoms with Gasteiger partial charge in [0, 0.05) is 39.8 Å². The molecule has 7 atom stereocenters. The van der Waals surface area contributed by atoms with Crippen LogP contribution in [-0.4, -0.2) is 105 Å². The Morgan fingerprint density at radius 2 is 1.39 bits per heavy atom. The largest absolute Gasteiger partial charge is 0.465 e. The molecule has 4 amide bonds. The van der Waals surface area contributed by atoms with Crippen molar-refractivity contribution in [2.45, 2.75) is 103 Å². The highest BCUT2D eigenvalue weighted by molar-refractivity contribution is 6.78. The molecule has 3 aromatic carbocycles. The first-order valence-corrected chi connectivity index (χ1v) is 27.5. The Morgan fingerprint density at radius 1 is 0.768 bits per heavy atom. The summed E-state index contributed by atoms with van der Waals surface area (Å²) in [4.78, 5) is 73.6. The first kappa shape index (κ1) is 45.9. The molecular formula is C52H61N9O7Si. The second-order valence-corrected chi connectivity index (χ2v) is 25.6. The fourth-order valence-electron chi connectivity index (χ4n) is 10.9. The number of fused-ring (bicyclic) bond motifs is 6. The van der Waals surface area contributed by atoms with Crippen LogP contribution in [0.5, 0.6) is 5.75 Å². The van der Waals surface area contributed by atoms with Gasteiger partial charge in [0.15, 0.2) is 0 Å². The summed E-state index contributed by atoms with van der Waals surface area (Å²) < 4.78 is 19.0. The molecule has 4 N–H and O–H groups in total. The third kappa shape index (κ3) is 8.54. The molecule has 0 bridgehead atoms. The van der Waals surface area contributed by atoms with Gasteiger partial charge in [0.25, 0.3) is 0 Å². The number of aromatic nitrogens is 5. The standard InChI is InChI=1S/C52H61N9O7Si/c1-28(2)44(57-51(64)66-5)48(62)59-27-69(7,8)26-42(59)47-54-24-36(56-47)31-15-18-38-34(20-31)22-41-35-17-14-32(23-43(35)68-50(61(38)41)30-12-10-9-11-13-30)37-25-53-46(55-37)39-19-16-33-21-40(33)60(39)49(63)45(29(3)4)58-52(65)67-6/h9-15,17-18,20,22-25,28-29,33,39-40,42,44-45,50H,16,19,21,26-27H2,1-8H3,(H,53,55)(H,54,56)(H,57,64)(H,58,65)/t33-,39+,40-,42+,44+,45+,50?/m1/s1. The minimum atomic E-state index is -1.81. The van der Waals surface area contributed by atoms with Crippen molar-refractivity contribution >= 4 is 43.0 Å². The van der Waals surface area contributed by atoms with Gasteiger partial charge in [0.2, 0.25) is 18.0 Å². The lowest BCUT2D eigenvalue weighted by atomic mass is 9.97. The molecule has 0 radical (unpaired) electrons. The van der Waals surface area contributed by atoms with Crippen LogP contribution in [0.1, 0.15) is 82.5 Å². The summed E-state index contributed by atoms with van der Waals surface area (Å²) in [6, 6.07) is 24.1. The number of alkyl carbamates (subject to hydrolysis) is 2. The van der Waals surface area contributed by atoms with Gasteiger partial charge < -0.3 is 49.2 Å². The highest BCUT2D eigenvalue weighted by Crippen LogP contribution is 2.51. The van der Waals surface area contributed by atoms with Crippen LogP contribution in [0.15, 0.2) is 85.2 Å². The molecule has 10 rings (SSSR count). The van der Waals surface area contributed by atoms with E-state index in [-0.39, 0.29) is 41.8 Å². The van der Waals surface area contributed by atoms with E-state index >= 15 is 0 Å². The van der Waals surface area contributed by atoms with Gasteiger partial charge in [0.1, 0.15) is 29.5 Å². The van der Waals surface area contributed by atoms with E-state index in [1.165, 1.54) is 14.2 Å². The molecule has 69 heavy (non-hydrogen) atoms. The molecule has 1 saturated carbocycles. The van der Waals surface area contributed by atoms with Crippen LogP contribution in [0, 0.1) is 17.8 Å². The van der Waals surface area contributed by atoms with Crippen LogP contribution in [-0.2, 0) is 19.1 Å². The fourth-order valence-corrected chi connectivity index (χ4v) is 13.8. The summed E-state index contributed by atoms with van der Waals surface area (Å²) in [6.45, 7) is 12.3. The topological polar surface area (TPSA) is 189 Å². The van der Waals surface area contributed by atoms with Gasteiger partial charge in [-0.3, -0.25) is 9.59 Å². The first-order chi connectivity index (χ1) is 33.1. The van der Waals surface area contributed by atoms with Crippen LogP contribution in [0.4, 0.5) is 9.59 Å². The van der Waals surface area contributed by atoms with Gasteiger partial charge >= 0.3 is 12.2 Å². The third-order valence-corrected chi connectivity index (χ3v) is 17.2. The molecule has 1 unspecified atom stereocenters. The smallest absolute Gasteiger partial charge is 0.407 e. The molecule has 3 aliphatic heterocycles. The van der Waals surface area contributed by atoms with E-state index in [1.807, 2.05) is 68.1 Å². The van der Waals surface area contributed by atoms with Crippen molar-refractivity contribution in [1.82, 2.24) is 44.9 Å². The zero-order valence-corrected chi connectivity index (χ0v) is 41.4. The first-order valence-electron chi connectivity index (χ1n) is 24.1. The average molecular weight is 952 g/mol. The Balaban J connectivity index is 0.951. The van der Waals surface area contributed by atoms with Gasteiger partial charge in [-0.2, -0.15) is 0 Å². The van der Waals surface area contributed by atoms with Crippen LogP contribution in [0.25, 0.3) is 44.7 Å². The second-order valence-electron chi connectivity index (χ2n) is 20.6. The zero-order valence-electron chi connectivity index (χ0n) is 40.4. The maximum Gasteiger partial charge on any atom is 0.407 e. The van der Waals surface area contributed by atoms with Crippen molar-refractivity contribution in [2.24, 2.45) is 17.8 Å². The lowest BCUT2D eigenvalue weighted by Crippen LogP contribution is -2.54. The Bertz CT molecular complexity index is 2940. The molecule has 3 fully saturated rings. The van der Waals surface area contributed by atoms with E-state index in [4.69, 9.17) is 24.2 Å². The lowest BCUT2D eigenvalue weighted by Gasteiger charge is -2.37. The predicted octanol–water partition coefficient (Wildman–Crippen LogP) is 8.97. The highest BCUT2D eigenvalue weighted by Gasteiger charge is 2.52. The summed E-state index contributed by atoms with van der Waals surface area (Å²) in [5.41, 5.74) is 7.51. The number of piperidine rings is 1. The van der Waals surface area contributed by atoms with Crippen molar-refractivity contribution in [3.8, 4) is 39.5 Å². The quantitative estimate of drug-likeness (QED) is 0.0920.